The van der Waals surface area contributed by atoms with Gasteiger partial charge >= 0.3 is 5.97 Å². The topological polar surface area (TPSA) is 64.4 Å². The molecule has 7 heteroatoms. The lowest BCUT2D eigenvalue weighted by molar-refractivity contribution is -0.149. The van der Waals surface area contributed by atoms with E-state index >= 15 is 0 Å². The summed E-state index contributed by atoms with van der Waals surface area (Å²) in [7, 11) is 0. The number of amides is 1. The Kier molecular flexibility index (Phi) is 6.67. The second kappa shape index (κ2) is 9.20. The largest absolute Gasteiger partial charge is 0.466 e. The van der Waals surface area contributed by atoms with E-state index in [1.807, 2.05) is 13.8 Å². The molecule has 1 saturated heterocycles. The van der Waals surface area contributed by atoms with Crippen molar-refractivity contribution in [2.75, 3.05) is 19.7 Å². The average molecular weight is 401 g/mol. The second-order valence-electron chi connectivity index (χ2n) is 7.21. The van der Waals surface area contributed by atoms with Gasteiger partial charge in [-0.1, -0.05) is 13.8 Å². The van der Waals surface area contributed by atoms with E-state index in [4.69, 9.17) is 4.74 Å². The van der Waals surface area contributed by atoms with E-state index in [2.05, 4.69) is 5.10 Å². The maximum Gasteiger partial charge on any atom is 0.310 e. The molecule has 1 unspecified atom stereocenters. The summed E-state index contributed by atoms with van der Waals surface area (Å²) >= 11 is 0. The van der Waals surface area contributed by atoms with Crippen LogP contribution in [0.3, 0.4) is 0 Å². The highest BCUT2D eigenvalue weighted by Crippen LogP contribution is 2.25. The maximum atomic E-state index is 13.4. The Labute approximate surface area is 170 Å². The Bertz CT molecular complexity index is 876. The van der Waals surface area contributed by atoms with Crippen LogP contribution >= 0.6 is 0 Å². The van der Waals surface area contributed by atoms with Crippen LogP contribution in [0.15, 0.2) is 24.3 Å². The van der Waals surface area contributed by atoms with Gasteiger partial charge in [-0.3, -0.25) is 9.59 Å². The summed E-state index contributed by atoms with van der Waals surface area (Å²) in [5, 5.41) is 4.65. The standard InChI is InChI=1S/C22H28FN3O3/c1-4-18-20(19(5-2)26(24-18)17-11-9-16(23)10-12-17)21(27)25-13-7-8-15(14-25)22(28)29-6-3/h9-12,15H,4-8,13-14H2,1-3H3. The van der Waals surface area contributed by atoms with E-state index in [-0.39, 0.29) is 23.6 Å². The Hall–Kier alpha value is -2.70. The van der Waals surface area contributed by atoms with Gasteiger partial charge in [0.25, 0.3) is 5.91 Å². The van der Waals surface area contributed by atoms with Crippen LogP contribution in [0.5, 0.6) is 0 Å². The molecule has 1 aromatic carbocycles. The van der Waals surface area contributed by atoms with Crippen molar-refractivity contribution in [2.45, 2.75) is 46.5 Å². The summed E-state index contributed by atoms with van der Waals surface area (Å²) in [6, 6.07) is 6.09. The lowest BCUT2D eigenvalue weighted by atomic mass is 9.97. The monoisotopic (exact) mass is 401 g/mol. The van der Waals surface area contributed by atoms with Gasteiger partial charge in [0.1, 0.15) is 5.82 Å². The first-order valence-electron chi connectivity index (χ1n) is 10.3. The number of likely N-dealkylation sites (tertiary alicyclic amines) is 1. The van der Waals surface area contributed by atoms with Crippen molar-refractivity contribution in [3.63, 3.8) is 0 Å². The van der Waals surface area contributed by atoms with Gasteiger partial charge in [0.15, 0.2) is 0 Å². The number of carbonyl (C=O) groups is 2. The normalized spacial score (nSPS) is 16.7. The Morgan fingerprint density at radius 1 is 1.17 bits per heavy atom. The number of carbonyl (C=O) groups excluding carboxylic acids is 2. The number of aromatic nitrogens is 2. The zero-order valence-electron chi connectivity index (χ0n) is 17.3. The highest BCUT2D eigenvalue weighted by molar-refractivity contribution is 5.97. The predicted octanol–water partition coefficient (Wildman–Crippen LogP) is 3.55. The predicted molar refractivity (Wildman–Crippen MR) is 108 cm³/mol. The molecule has 0 saturated carbocycles. The molecule has 1 aromatic heterocycles. The molecule has 0 aliphatic carbocycles. The second-order valence-corrected chi connectivity index (χ2v) is 7.21. The molecule has 156 valence electrons. The first-order valence-corrected chi connectivity index (χ1v) is 10.3. The molecule has 1 fully saturated rings. The van der Waals surface area contributed by atoms with E-state index in [0.717, 1.165) is 29.9 Å². The molecule has 0 N–H and O–H groups in total. The van der Waals surface area contributed by atoms with Gasteiger partial charge in [-0.25, -0.2) is 9.07 Å². The zero-order valence-corrected chi connectivity index (χ0v) is 17.3. The van der Waals surface area contributed by atoms with Gasteiger partial charge in [0.05, 0.1) is 35.2 Å². The Morgan fingerprint density at radius 2 is 1.90 bits per heavy atom. The van der Waals surface area contributed by atoms with Crippen LogP contribution in [0.25, 0.3) is 5.69 Å². The number of halogens is 1. The van der Waals surface area contributed by atoms with Crippen LogP contribution in [0.1, 0.15) is 55.4 Å². The first-order chi connectivity index (χ1) is 14.0. The minimum Gasteiger partial charge on any atom is -0.466 e. The van der Waals surface area contributed by atoms with E-state index in [1.54, 1.807) is 28.6 Å². The Balaban J connectivity index is 1.93. The molecule has 2 heterocycles. The van der Waals surface area contributed by atoms with Crippen LogP contribution in [0.2, 0.25) is 0 Å². The maximum absolute atomic E-state index is 13.4. The smallest absolute Gasteiger partial charge is 0.310 e. The third-order valence-corrected chi connectivity index (χ3v) is 5.34. The lowest BCUT2D eigenvalue weighted by Gasteiger charge is -2.31. The first kappa shape index (κ1) is 21.0. The van der Waals surface area contributed by atoms with Crippen LogP contribution < -0.4 is 0 Å². The van der Waals surface area contributed by atoms with Crippen molar-refractivity contribution < 1.29 is 18.7 Å². The average Bonchev–Trinajstić information content (AvgIpc) is 3.12. The zero-order chi connectivity index (χ0) is 21.0. The number of esters is 1. The van der Waals surface area contributed by atoms with Crippen molar-refractivity contribution in [1.82, 2.24) is 14.7 Å². The molecule has 1 amide bonds. The fraction of sp³-hybridized carbons (Fsp3) is 0.500. The van der Waals surface area contributed by atoms with E-state index in [0.29, 0.717) is 38.1 Å². The molecule has 0 spiro atoms. The van der Waals surface area contributed by atoms with Gasteiger partial charge in [0, 0.05) is 13.1 Å². The quantitative estimate of drug-likeness (QED) is 0.695. The molecule has 6 nitrogen and oxygen atoms in total. The molecule has 0 radical (unpaired) electrons. The van der Waals surface area contributed by atoms with Gasteiger partial charge in [-0.2, -0.15) is 5.10 Å². The summed E-state index contributed by atoms with van der Waals surface area (Å²) in [5.74, 6) is -0.932. The van der Waals surface area contributed by atoms with Crippen molar-refractivity contribution in [2.24, 2.45) is 5.92 Å². The van der Waals surface area contributed by atoms with Gasteiger partial charge in [0.2, 0.25) is 0 Å². The highest BCUT2D eigenvalue weighted by atomic mass is 19.1. The molecule has 3 rings (SSSR count). The van der Waals surface area contributed by atoms with Gasteiger partial charge in [-0.05, 0) is 56.9 Å². The number of hydrogen-bond acceptors (Lipinski definition) is 4. The van der Waals surface area contributed by atoms with E-state index < -0.39 is 0 Å². The number of rotatable bonds is 6. The third-order valence-electron chi connectivity index (χ3n) is 5.34. The van der Waals surface area contributed by atoms with E-state index in [1.165, 1.54) is 12.1 Å². The molecule has 2 aromatic rings. The SMILES string of the molecule is CCOC(=O)C1CCCN(C(=O)c2c(CC)nn(-c3ccc(F)cc3)c2CC)C1. The van der Waals surface area contributed by atoms with Gasteiger partial charge in [-0.15, -0.1) is 0 Å². The molecule has 1 atom stereocenters. The molecule has 0 bridgehead atoms. The van der Waals surface area contributed by atoms with Crippen LogP contribution in [0.4, 0.5) is 4.39 Å². The third kappa shape index (κ3) is 4.33. The van der Waals surface area contributed by atoms with Gasteiger partial charge < -0.3 is 9.64 Å². The molecule has 1 aliphatic rings. The van der Waals surface area contributed by atoms with Crippen molar-refractivity contribution in [3.05, 3.63) is 47.0 Å². The number of hydrogen-bond donors (Lipinski definition) is 0. The summed E-state index contributed by atoms with van der Waals surface area (Å²) in [5.41, 5.74) is 2.84. The number of ether oxygens (including phenoxy) is 1. The van der Waals surface area contributed by atoms with Crippen molar-refractivity contribution in [3.8, 4) is 5.69 Å². The lowest BCUT2D eigenvalue weighted by Crippen LogP contribution is -2.43. The summed E-state index contributed by atoms with van der Waals surface area (Å²) in [6.07, 6.45) is 2.72. The minimum atomic E-state index is -0.315. The summed E-state index contributed by atoms with van der Waals surface area (Å²) in [4.78, 5) is 27.3. The highest BCUT2D eigenvalue weighted by Gasteiger charge is 2.33. The fourth-order valence-corrected chi connectivity index (χ4v) is 3.89. The summed E-state index contributed by atoms with van der Waals surface area (Å²) < 4.78 is 20.2. The van der Waals surface area contributed by atoms with Crippen LogP contribution in [-0.2, 0) is 22.4 Å². The van der Waals surface area contributed by atoms with E-state index in [9.17, 15) is 14.0 Å². The van der Waals surface area contributed by atoms with Crippen LogP contribution in [-0.4, -0.2) is 46.3 Å². The van der Waals surface area contributed by atoms with Crippen molar-refractivity contribution >= 4 is 11.9 Å². The minimum absolute atomic E-state index is 0.0962. The fourth-order valence-electron chi connectivity index (χ4n) is 3.89. The molecule has 29 heavy (non-hydrogen) atoms. The summed E-state index contributed by atoms with van der Waals surface area (Å²) in [6.45, 7) is 7.05. The Morgan fingerprint density at radius 3 is 2.52 bits per heavy atom. The molecular formula is C22H28FN3O3. The molecular weight excluding hydrogens is 373 g/mol. The number of aryl methyl sites for hydroxylation is 1. The van der Waals surface area contributed by atoms with Crippen LogP contribution in [0, 0.1) is 11.7 Å². The number of nitrogens with zero attached hydrogens (tertiary/aromatic N) is 3. The number of benzene rings is 1. The molecule has 1 aliphatic heterocycles. The number of piperidine rings is 1. The van der Waals surface area contributed by atoms with Crippen molar-refractivity contribution in [1.29, 1.82) is 0 Å².